The maximum atomic E-state index is 12.8. The fourth-order valence-corrected chi connectivity index (χ4v) is 3.73. The molecule has 3 rings (SSSR count). The van der Waals surface area contributed by atoms with E-state index in [2.05, 4.69) is 4.18 Å². The lowest BCUT2D eigenvalue weighted by molar-refractivity contribution is 0.371. The highest BCUT2D eigenvalue weighted by Gasteiger charge is 2.28. The predicted octanol–water partition coefficient (Wildman–Crippen LogP) is 1.31. The van der Waals surface area contributed by atoms with Crippen LogP contribution in [0.5, 0.6) is 23.0 Å². The fourth-order valence-electron chi connectivity index (χ4n) is 2.64. The van der Waals surface area contributed by atoms with E-state index in [4.69, 9.17) is 13.7 Å². The Morgan fingerprint density at radius 2 is 1.63 bits per heavy atom. The maximum Gasteiger partial charge on any atom is 0.446 e. The zero-order valence-corrected chi connectivity index (χ0v) is 16.4. The van der Waals surface area contributed by atoms with Crippen LogP contribution in [-0.4, -0.2) is 43.3 Å². The van der Waals surface area contributed by atoms with Crippen LogP contribution in [0.2, 0.25) is 0 Å². The van der Waals surface area contributed by atoms with Crippen molar-refractivity contribution in [3.05, 3.63) is 40.6 Å². The number of fused-ring (bicyclic) bond motifs is 1. The van der Waals surface area contributed by atoms with Crippen LogP contribution in [0.3, 0.4) is 0 Å². The number of aromatic hydroxyl groups is 2. The average molecular weight is 460 g/mol. The minimum absolute atomic E-state index is 0.0507. The third-order valence-electron chi connectivity index (χ3n) is 3.82. The molecule has 160 valence electrons. The molecule has 30 heavy (non-hydrogen) atoms. The van der Waals surface area contributed by atoms with Crippen molar-refractivity contribution in [2.24, 2.45) is 0 Å². The first-order valence-corrected chi connectivity index (χ1v) is 10.5. The predicted molar refractivity (Wildman–Crippen MR) is 99.8 cm³/mol. The third kappa shape index (κ3) is 4.02. The molecule has 3 aromatic rings. The lowest BCUT2D eigenvalue weighted by Gasteiger charge is -2.11. The first-order valence-electron chi connectivity index (χ1n) is 7.67. The summed E-state index contributed by atoms with van der Waals surface area (Å²) in [6.07, 6.45) is 0. The van der Waals surface area contributed by atoms with Crippen LogP contribution in [0.1, 0.15) is 0 Å². The van der Waals surface area contributed by atoms with Crippen molar-refractivity contribution in [2.45, 2.75) is 4.90 Å². The Hall–Kier alpha value is -3.33. The van der Waals surface area contributed by atoms with Gasteiger partial charge >= 0.3 is 20.5 Å². The normalized spacial score (nSPS) is 12.1. The van der Waals surface area contributed by atoms with E-state index in [-0.39, 0.29) is 16.9 Å². The molecule has 0 radical (unpaired) electrons. The second-order valence-corrected chi connectivity index (χ2v) is 8.16. The molecule has 12 nitrogen and oxygen atoms in total. The van der Waals surface area contributed by atoms with Crippen molar-refractivity contribution in [3.8, 4) is 34.3 Å². The van der Waals surface area contributed by atoms with Gasteiger partial charge in [0.1, 0.15) is 22.5 Å². The van der Waals surface area contributed by atoms with E-state index in [0.29, 0.717) is 0 Å². The Balaban J connectivity index is 2.44. The SMILES string of the molecule is COc1cc(O)c2c(=O)c(S(=O)(=O)O)c(-c3ccc(O)c(OS(=O)(=O)O)c3)oc2c1. The van der Waals surface area contributed by atoms with Gasteiger partial charge in [0.05, 0.1) is 7.11 Å². The highest BCUT2D eigenvalue weighted by molar-refractivity contribution is 7.86. The average Bonchev–Trinajstić information content (AvgIpc) is 2.60. The first-order chi connectivity index (χ1) is 13.8. The largest absolute Gasteiger partial charge is 0.507 e. The van der Waals surface area contributed by atoms with Gasteiger partial charge in [-0.1, -0.05) is 0 Å². The summed E-state index contributed by atoms with van der Waals surface area (Å²) in [5, 5.41) is 19.2. The summed E-state index contributed by atoms with van der Waals surface area (Å²) in [7, 11) is -9.02. The molecular formula is C16H12O12S2. The van der Waals surface area contributed by atoms with Gasteiger partial charge in [-0.05, 0) is 18.2 Å². The Kier molecular flexibility index (Phi) is 5.11. The standard InChI is InChI=1S/C16H12O12S2/c1-26-8-5-10(18)13-12(6-8)27-15(16(14(13)19)29(20,21)22)7-2-3-9(17)11(4-7)28-30(23,24)25/h2-6,17-18H,1H3,(H,20,21,22)(H,23,24,25). The van der Waals surface area contributed by atoms with Gasteiger partial charge in [-0.25, -0.2) is 0 Å². The van der Waals surface area contributed by atoms with Gasteiger partial charge in [0, 0.05) is 17.7 Å². The van der Waals surface area contributed by atoms with E-state index in [9.17, 15) is 36.4 Å². The molecule has 0 unspecified atom stereocenters. The first kappa shape index (κ1) is 21.4. The molecule has 4 N–H and O–H groups in total. The van der Waals surface area contributed by atoms with E-state index >= 15 is 0 Å². The van der Waals surface area contributed by atoms with Gasteiger partial charge in [-0.15, -0.1) is 0 Å². The minimum atomic E-state index is -5.21. The lowest BCUT2D eigenvalue weighted by atomic mass is 10.1. The van der Waals surface area contributed by atoms with Crippen LogP contribution in [-0.2, 0) is 20.5 Å². The molecule has 1 aromatic heterocycles. The van der Waals surface area contributed by atoms with Crippen LogP contribution in [0.15, 0.2) is 44.4 Å². The molecule has 0 aliphatic heterocycles. The summed E-state index contributed by atoms with van der Waals surface area (Å²) < 4.78 is 78.5. The van der Waals surface area contributed by atoms with Crippen LogP contribution < -0.4 is 14.3 Å². The minimum Gasteiger partial charge on any atom is -0.507 e. The topological polar surface area (TPSA) is 198 Å². The molecule has 14 heteroatoms. The number of hydrogen-bond acceptors (Lipinski definition) is 10. The Morgan fingerprint density at radius 1 is 0.967 bits per heavy atom. The zero-order chi connectivity index (χ0) is 22.4. The molecule has 0 aliphatic carbocycles. The monoisotopic (exact) mass is 460 g/mol. The molecule has 1 heterocycles. The smallest absolute Gasteiger partial charge is 0.446 e. The van der Waals surface area contributed by atoms with Crippen molar-refractivity contribution < 1.29 is 49.5 Å². The Labute approximate surface area is 168 Å². The third-order valence-corrected chi connectivity index (χ3v) is 5.09. The molecule has 0 saturated heterocycles. The molecule has 0 amide bonds. The van der Waals surface area contributed by atoms with Crippen molar-refractivity contribution >= 4 is 31.5 Å². The number of methoxy groups -OCH3 is 1. The fraction of sp³-hybridized carbons (Fsp3) is 0.0625. The molecule has 2 aromatic carbocycles. The van der Waals surface area contributed by atoms with Gasteiger partial charge in [0.2, 0.25) is 5.43 Å². The molecule has 0 saturated carbocycles. The van der Waals surface area contributed by atoms with E-state index in [1.807, 2.05) is 0 Å². The van der Waals surface area contributed by atoms with Crippen LogP contribution in [0.4, 0.5) is 0 Å². The summed E-state index contributed by atoms with van der Waals surface area (Å²) in [5.74, 6) is -2.98. The Morgan fingerprint density at radius 3 is 2.20 bits per heavy atom. The number of phenolic OH excluding ortho intramolecular Hbond substituents is 2. The highest BCUT2D eigenvalue weighted by atomic mass is 32.3. The maximum absolute atomic E-state index is 12.8. The zero-order valence-electron chi connectivity index (χ0n) is 14.8. The van der Waals surface area contributed by atoms with Gasteiger partial charge in [-0.2, -0.15) is 16.8 Å². The second-order valence-electron chi connectivity index (χ2n) is 5.78. The quantitative estimate of drug-likeness (QED) is 0.399. The van der Waals surface area contributed by atoms with E-state index in [1.54, 1.807) is 0 Å². The van der Waals surface area contributed by atoms with Gasteiger partial charge in [0.25, 0.3) is 0 Å². The van der Waals surface area contributed by atoms with Gasteiger partial charge in [-0.3, -0.25) is 13.9 Å². The molecule has 0 bridgehead atoms. The number of benzene rings is 2. The van der Waals surface area contributed by atoms with E-state index in [1.165, 1.54) is 7.11 Å². The second kappa shape index (κ2) is 7.17. The number of ether oxygens (including phenoxy) is 1. The molecule has 0 fully saturated rings. The van der Waals surface area contributed by atoms with Crippen molar-refractivity contribution in [3.63, 3.8) is 0 Å². The summed E-state index contributed by atoms with van der Waals surface area (Å²) >= 11 is 0. The summed E-state index contributed by atoms with van der Waals surface area (Å²) in [4.78, 5) is 11.5. The van der Waals surface area contributed by atoms with Crippen LogP contribution >= 0.6 is 0 Å². The molecular weight excluding hydrogens is 448 g/mol. The molecule has 0 atom stereocenters. The summed E-state index contributed by atoms with van der Waals surface area (Å²) in [6.45, 7) is 0. The lowest BCUT2D eigenvalue weighted by Crippen LogP contribution is -2.16. The van der Waals surface area contributed by atoms with Crippen molar-refractivity contribution in [2.75, 3.05) is 7.11 Å². The number of rotatable bonds is 5. The van der Waals surface area contributed by atoms with Gasteiger partial charge in [0.15, 0.2) is 22.2 Å². The van der Waals surface area contributed by atoms with E-state index in [0.717, 1.165) is 30.3 Å². The summed E-state index contributed by atoms with van der Waals surface area (Å²) in [5.41, 5.74) is -1.98. The van der Waals surface area contributed by atoms with Crippen LogP contribution in [0.25, 0.3) is 22.3 Å². The van der Waals surface area contributed by atoms with Crippen molar-refractivity contribution in [1.29, 1.82) is 0 Å². The number of phenols is 2. The molecule has 0 spiro atoms. The molecule has 0 aliphatic rings. The van der Waals surface area contributed by atoms with E-state index < -0.39 is 59.2 Å². The Bertz CT molecular complexity index is 1440. The van der Waals surface area contributed by atoms with Crippen LogP contribution in [0, 0.1) is 0 Å². The number of hydrogen-bond donors (Lipinski definition) is 4. The highest BCUT2D eigenvalue weighted by Crippen LogP contribution is 2.37. The van der Waals surface area contributed by atoms with Crippen molar-refractivity contribution in [1.82, 2.24) is 0 Å². The summed E-state index contributed by atoms with van der Waals surface area (Å²) in [6, 6.07) is 4.79. The van der Waals surface area contributed by atoms with Gasteiger partial charge < -0.3 is 23.6 Å².